The highest BCUT2D eigenvalue weighted by atomic mass is 35.5. The van der Waals surface area contributed by atoms with Crippen molar-refractivity contribution in [2.24, 2.45) is 5.73 Å². The Bertz CT molecular complexity index is 551. The number of halogens is 1. The van der Waals surface area contributed by atoms with Gasteiger partial charge in [0.25, 0.3) is 0 Å². The highest BCUT2D eigenvalue weighted by Crippen LogP contribution is 2.29. The zero-order chi connectivity index (χ0) is 13.8. The van der Waals surface area contributed by atoms with E-state index in [-0.39, 0.29) is 0 Å². The lowest BCUT2D eigenvalue weighted by Crippen LogP contribution is -2.05. The van der Waals surface area contributed by atoms with Crippen LogP contribution in [-0.2, 0) is 13.2 Å². The van der Waals surface area contributed by atoms with Crippen molar-refractivity contribution in [1.29, 1.82) is 0 Å². The van der Waals surface area contributed by atoms with Gasteiger partial charge in [0.2, 0.25) is 0 Å². The normalized spacial score (nSPS) is 11.0. The second-order valence-corrected chi connectivity index (χ2v) is 5.01. The van der Waals surface area contributed by atoms with Gasteiger partial charge in [-0.05, 0) is 26.0 Å². The summed E-state index contributed by atoms with van der Waals surface area (Å²) in [4.78, 5) is 0. The van der Waals surface area contributed by atoms with Crippen LogP contribution in [0.5, 0.6) is 5.75 Å². The van der Waals surface area contributed by atoms with E-state index in [1.54, 1.807) is 6.07 Å². The molecular weight excluding hydrogens is 262 g/mol. The van der Waals surface area contributed by atoms with Crippen LogP contribution in [0.15, 0.2) is 30.5 Å². The van der Waals surface area contributed by atoms with Crippen molar-refractivity contribution >= 4 is 11.6 Å². The Balaban J connectivity index is 2.09. The largest absolute Gasteiger partial charge is 0.485 e. The molecule has 1 aromatic carbocycles. The van der Waals surface area contributed by atoms with E-state index in [1.165, 1.54) is 0 Å². The van der Waals surface area contributed by atoms with E-state index in [2.05, 4.69) is 18.9 Å². The fraction of sp³-hybridized carbons (Fsp3) is 0.357. The first-order chi connectivity index (χ1) is 9.11. The molecular formula is C14H18ClN3O. The van der Waals surface area contributed by atoms with Crippen LogP contribution in [0.3, 0.4) is 0 Å². The Hall–Kier alpha value is -1.52. The third-order valence-corrected chi connectivity index (χ3v) is 3.12. The number of nitrogens with zero attached hydrogens (tertiary/aromatic N) is 2. The molecule has 0 radical (unpaired) electrons. The summed E-state index contributed by atoms with van der Waals surface area (Å²) < 4.78 is 7.65. The van der Waals surface area contributed by atoms with Crippen molar-refractivity contribution in [3.05, 3.63) is 46.7 Å². The van der Waals surface area contributed by atoms with Crippen LogP contribution in [0.2, 0.25) is 5.02 Å². The zero-order valence-corrected chi connectivity index (χ0v) is 11.9. The van der Waals surface area contributed by atoms with Crippen molar-refractivity contribution < 1.29 is 4.74 Å². The lowest BCUT2D eigenvalue weighted by molar-refractivity contribution is 0.296. The van der Waals surface area contributed by atoms with Gasteiger partial charge < -0.3 is 10.5 Å². The molecule has 19 heavy (non-hydrogen) atoms. The lowest BCUT2D eigenvalue weighted by atomic mass is 10.2. The summed E-state index contributed by atoms with van der Waals surface area (Å²) in [6, 6.07) is 7.86. The minimum Gasteiger partial charge on any atom is -0.485 e. The Labute approximate surface area is 118 Å². The molecule has 1 heterocycles. The Morgan fingerprint density at radius 2 is 2.16 bits per heavy atom. The maximum absolute atomic E-state index is 6.12. The Morgan fingerprint density at radius 3 is 2.79 bits per heavy atom. The number of benzene rings is 1. The van der Waals surface area contributed by atoms with Gasteiger partial charge in [0.05, 0.1) is 10.7 Å². The van der Waals surface area contributed by atoms with Gasteiger partial charge in [-0.3, -0.25) is 4.68 Å². The molecule has 0 saturated heterocycles. The molecule has 2 aromatic rings. The molecule has 0 bridgehead atoms. The summed E-state index contributed by atoms with van der Waals surface area (Å²) in [7, 11) is 0. The average molecular weight is 280 g/mol. The van der Waals surface area contributed by atoms with Gasteiger partial charge in [-0.25, -0.2) is 0 Å². The predicted octanol–water partition coefficient (Wildman–Crippen LogP) is 3.16. The van der Waals surface area contributed by atoms with Crippen LogP contribution in [0.25, 0.3) is 0 Å². The molecule has 0 aliphatic heterocycles. The zero-order valence-electron chi connectivity index (χ0n) is 11.1. The standard InChI is InChI=1S/C14H18ClN3O/c1-10(2)18-7-6-12(17-18)9-19-14-11(8-16)4-3-5-13(14)15/h3-7,10H,8-9,16H2,1-2H3. The molecule has 0 aliphatic rings. The van der Waals surface area contributed by atoms with Crippen molar-refractivity contribution in [3.8, 4) is 5.75 Å². The molecule has 4 nitrogen and oxygen atoms in total. The molecule has 0 amide bonds. The number of aromatic nitrogens is 2. The van der Waals surface area contributed by atoms with Gasteiger partial charge in [0.1, 0.15) is 12.4 Å². The van der Waals surface area contributed by atoms with Gasteiger partial charge in [0, 0.05) is 24.3 Å². The molecule has 0 spiro atoms. The van der Waals surface area contributed by atoms with Crippen LogP contribution in [0, 0.1) is 0 Å². The third-order valence-electron chi connectivity index (χ3n) is 2.83. The highest BCUT2D eigenvalue weighted by molar-refractivity contribution is 6.32. The topological polar surface area (TPSA) is 53.1 Å². The summed E-state index contributed by atoms with van der Waals surface area (Å²) in [5, 5.41) is 5.00. The van der Waals surface area contributed by atoms with E-state index in [0.717, 1.165) is 11.3 Å². The van der Waals surface area contributed by atoms with E-state index in [1.807, 2.05) is 29.1 Å². The lowest BCUT2D eigenvalue weighted by Gasteiger charge is -2.11. The van der Waals surface area contributed by atoms with Crippen molar-refractivity contribution in [2.75, 3.05) is 0 Å². The molecule has 0 atom stereocenters. The summed E-state index contributed by atoms with van der Waals surface area (Å²) in [6.45, 7) is 4.95. The molecule has 5 heteroatoms. The van der Waals surface area contributed by atoms with Crippen LogP contribution in [0.1, 0.15) is 31.1 Å². The summed E-state index contributed by atoms with van der Waals surface area (Å²) in [6.07, 6.45) is 1.94. The number of hydrogen-bond donors (Lipinski definition) is 1. The predicted molar refractivity (Wildman–Crippen MR) is 76.3 cm³/mol. The molecule has 0 fully saturated rings. The molecule has 0 saturated carbocycles. The summed E-state index contributed by atoms with van der Waals surface area (Å²) >= 11 is 6.12. The van der Waals surface area contributed by atoms with Gasteiger partial charge in [-0.1, -0.05) is 23.7 Å². The quantitative estimate of drug-likeness (QED) is 0.915. The van der Waals surface area contributed by atoms with Crippen molar-refractivity contribution in [2.45, 2.75) is 33.0 Å². The fourth-order valence-electron chi connectivity index (χ4n) is 1.76. The molecule has 0 unspecified atom stereocenters. The highest BCUT2D eigenvalue weighted by Gasteiger charge is 2.09. The van der Waals surface area contributed by atoms with E-state index >= 15 is 0 Å². The Kier molecular flexibility index (Phi) is 4.45. The third kappa shape index (κ3) is 3.28. The van der Waals surface area contributed by atoms with Gasteiger partial charge in [0.15, 0.2) is 0 Å². The maximum Gasteiger partial charge on any atom is 0.142 e. The van der Waals surface area contributed by atoms with E-state index in [4.69, 9.17) is 22.1 Å². The molecule has 102 valence electrons. The van der Waals surface area contributed by atoms with E-state index in [0.29, 0.717) is 30.0 Å². The molecule has 2 rings (SSSR count). The second-order valence-electron chi connectivity index (χ2n) is 4.60. The average Bonchev–Trinajstić information content (AvgIpc) is 2.86. The first-order valence-electron chi connectivity index (χ1n) is 6.26. The molecule has 1 aromatic heterocycles. The van der Waals surface area contributed by atoms with Crippen LogP contribution in [0.4, 0.5) is 0 Å². The van der Waals surface area contributed by atoms with Crippen LogP contribution in [-0.4, -0.2) is 9.78 Å². The minimum atomic E-state index is 0.341. The van der Waals surface area contributed by atoms with Crippen LogP contribution >= 0.6 is 11.6 Å². The second kappa shape index (κ2) is 6.08. The minimum absolute atomic E-state index is 0.341. The molecule has 0 aliphatic carbocycles. The van der Waals surface area contributed by atoms with E-state index < -0.39 is 0 Å². The number of hydrogen-bond acceptors (Lipinski definition) is 3. The number of ether oxygens (including phenoxy) is 1. The number of para-hydroxylation sites is 1. The van der Waals surface area contributed by atoms with Gasteiger partial charge >= 0.3 is 0 Å². The van der Waals surface area contributed by atoms with Crippen LogP contribution < -0.4 is 10.5 Å². The SMILES string of the molecule is CC(C)n1ccc(COc2c(Cl)cccc2CN)n1. The van der Waals surface area contributed by atoms with Gasteiger partial charge in [-0.15, -0.1) is 0 Å². The number of rotatable bonds is 5. The maximum atomic E-state index is 6.12. The monoisotopic (exact) mass is 279 g/mol. The van der Waals surface area contributed by atoms with Gasteiger partial charge in [-0.2, -0.15) is 5.10 Å². The Morgan fingerprint density at radius 1 is 1.37 bits per heavy atom. The first kappa shape index (κ1) is 13.9. The molecule has 2 N–H and O–H groups in total. The van der Waals surface area contributed by atoms with E-state index in [9.17, 15) is 0 Å². The summed E-state index contributed by atoms with van der Waals surface area (Å²) in [5.41, 5.74) is 7.44. The van der Waals surface area contributed by atoms with Crippen molar-refractivity contribution in [1.82, 2.24) is 9.78 Å². The number of nitrogens with two attached hydrogens (primary N) is 1. The first-order valence-corrected chi connectivity index (χ1v) is 6.64. The summed E-state index contributed by atoms with van der Waals surface area (Å²) in [5.74, 6) is 0.644. The fourth-order valence-corrected chi connectivity index (χ4v) is 2.01. The van der Waals surface area contributed by atoms with Crippen molar-refractivity contribution in [3.63, 3.8) is 0 Å². The smallest absolute Gasteiger partial charge is 0.142 e.